The van der Waals surface area contributed by atoms with Gasteiger partial charge in [0.15, 0.2) is 5.78 Å². The number of halogens is 1. The summed E-state index contributed by atoms with van der Waals surface area (Å²) in [7, 11) is 3.25. The molecule has 3 aromatic rings. The fourth-order valence-electron chi connectivity index (χ4n) is 4.38. The molecule has 0 saturated heterocycles. The van der Waals surface area contributed by atoms with E-state index in [1.165, 1.54) is 16.7 Å². The number of nitrogens with two attached hydrogens (primary N) is 1. The normalized spacial score (nSPS) is 14.3. The number of methoxy groups -OCH3 is 1. The predicted molar refractivity (Wildman–Crippen MR) is 170 cm³/mol. The Morgan fingerprint density at radius 3 is 1.60 bits per heavy atom. The molecule has 42 heavy (non-hydrogen) atoms. The van der Waals surface area contributed by atoms with Gasteiger partial charge in [0.25, 0.3) is 0 Å². The highest BCUT2D eigenvalue weighted by Gasteiger charge is 2.25. The lowest BCUT2D eigenvalue weighted by atomic mass is 10.1. The van der Waals surface area contributed by atoms with Crippen LogP contribution < -0.4 is 5.73 Å². The number of ketones is 2. The number of ether oxygens (including phenoxy) is 1. The molecule has 0 unspecified atom stereocenters. The third-order valence-corrected chi connectivity index (χ3v) is 6.02. The van der Waals surface area contributed by atoms with Crippen molar-refractivity contribution < 1.29 is 29.7 Å². The summed E-state index contributed by atoms with van der Waals surface area (Å²) in [6.45, 7) is 3.86. The van der Waals surface area contributed by atoms with E-state index >= 15 is 0 Å². The van der Waals surface area contributed by atoms with Crippen LogP contribution >= 0.6 is 12.4 Å². The zero-order chi connectivity index (χ0) is 30.6. The van der Waals surface area contributed by atoms with Crippen LogP contribution in [-0.4, -0.2) is 66.2 Å². The molecule has 0 spiro atoms. The number of hydrogen-bond donors (Lipinski definition) is 4. The number of hydrogen-bond acceptors (Lipinski definition) is 8. The Labute approximate surface area is 255 Å². The van der Waals surface area contributed by atoms with E-state index in [-0.39, 0.29) is 37.1 Å². The van der Waals surface area contributed by atoms with E-state index < -0.39 is 0 Å². The van der Waals surface area contributed by atoms with E-state index in [9.17, 15) is 9.59 Å². The standard InChI is InChI=1S/C9H7NO2.C9H11N.C9H8O.3C2H6O.ClH/c11-9-7-4-2-1-3-6(7)5-8(9)10-12;10-9-5-7-3-1-2-4-8(7)6-9;10-9-6-5-7-3-1-2-4-8(7)9;1-3-2;2*1-2-3;/h1-4,12H,5H2;1-4,9H,5-6,10H2;1-4H,5-6H2;1-2H3;2*3H,2H2,1H3;1H/b10-8+;;;;;;. The van der Waals surface area contributed by atoms with Crippen LogP contribution in [-0.2, 0) is 30.4 Å². The second-order valence-electron chi connectivity index (χ2n) is 9.27. The molecule has 0 fully saturated rings. The van der Waals surface area contributed by atoms with E-state index in [0.29, 0.717) is 30.2 Å². The first kappa shape index (κ1) is 38.6. The number of oxime groups is 1. The van der Waals surface area contributed by atoms with Crippen LogP contribution in [0.25, 0.3) is 0 Å². The third-order valence-electron chi connectivity index (χ3n) is 6.02. The van der Waals surface area contributed by atoms with Crippen molar-refractivity contribution in [2.45, 2.75) is 52.0 Å². The van der Waals surface area contributed by atoms with E-state index in [4.69, 9.17) is 21.2 Å². The number of fused-ring (bicyclic) bond motifs is 3. The number of carbonyl (C=O) groups is 2. The summed E-state index contributed by atoms with van der Waals surface area (Å²) in [4.78, 5) is 22.4. The highest BCUT2D eigenvalue weighted by molar-refractivity contribution is 6.49. The number of rotatable bonds is 0. The minimum Gasteiger partial charge on any atom is -0.411 e. The largest absolute Gasteiger partial charge is 0.411 e. The molecule has 0 aliphatic heterocycles. The van der Waals surface area contributed by atoms with Gasteiger partial charge in [-0.3, -0.25) is 9.59 Å². The van der Waals surface area contributed by atoms with E-state index in [0.717, 1.165) is 30.4 Å². The molecule has 0 bridgehead atoms. The average Bonchev–Trinajstić information content (AvgIpc) is 3.65. The number of carbonyl (C=O) groups excluding carboxylic acids is 2. The molecule has 3 aliphatic rings. The summed E-state index contributed by atoms with van der Waals surface area (Å²) >= 11 is 0. The zero-order valence-corrected chi connectivity index (χ0v) is 25.8. The molecule has 0 saturated carbocycles. The molecule has 0 heterocycles. The van der Waals surface area contributed by atoms with Gasteiger partial charge in [0, 0.05) is 57.4 Å². The summed E-state index contributed by atoms with van der Waals surface area (Å²) in [6, 6.07) is 24.0. The summed E-state index contributed by atoms with van der Waals surface area (Å²) in [5, 5.41) is 26.6. The Morgan fingerprint density at radius 2 is 1.17 bits per heavy atom. The molecule has 0 radical (unpaired) electrons. The van der Waals surface area contributed by atoms with Gasteiger partial charge in [-0.05, 0) is 55.4 Å². The summed E-state index contributed by atoms with van der Waals surface area (Å²) < 4.78 is 4.25. The molecule has 6 rings (SSSR count). The minimum absolute atomic E-state index is 0. The number of benzene rings is 3. The van der Waals surface area contributed by atoms with Gasteiger partial charge in [0.05, 0.1) is 0 Å². The third kappa shape index (κ3) is 12.6. The van der Waals surface area contributed by atoms with Crippen molar-refractivity contribution in [1.29, 1.82) is 0 Å². The number of Topliss-reactive ketones (excluding diaryl/α,β-unsaturated/α-hetero) is 2. The second kappa shape index (κ2) is 22.2. The Hall–Kier alpha value is -3.40. The van der Waals surface area contributed by atoms with Crippen LogP contribution in [0.5, 0.6) is 0 Å². The maximum atomic E-state index is 11.3. The number of aryl methyl sites for hydroxylation is 1. The highest BCUT2D eigenvalue weighted by Crippen LogP contribution is 2.21. The van der Waals surface area contributed by atoms with E-state index in [1.807, 2.05) is 36.4 Å². The summed E-state index contributed by atoms with van der Waals surface area (Å²) in [5.41, 5.74) is 12.6. The molecule has 0 amide bonds. The lowest BCUT2D eigenvalue weighted by Crippen LogP contribution is -2.18. The zero-order valence-electron chi connectivity index (χ0n) is 25.0. The minimum atomic E-state index is -0.159. The van der Waals surface area contributed by atoms with Crippen molar-refractivity contribution in [3.05, 3.63) is 106 Å². The Bertz CT molecular complexity index is 1220. The first-order chi connectivity index (χ1) is 19.8. The predicted octanol–water partition coefficient (Wildman–Crippen LogP) is 4.87. The average molecular weight is 601 g/mol. The molecule has 3 aromatic carbocycles. The van der Waals surface area contributed by atoms with Crippen molar-refractivity contribution in [3.63, 3.8) is 0 Å². The highest BCUT2D eigenvalue weighted by atomic mass is 35.5. The first-order valence-electron chi connectivity index (χ1n) is 13.7. The molecule has 230 valence electrons. The van der Waals surface area contributed by atoms with Crippen LogP contribution in [0.3, 0.4) is 0 Å². The van der Waals surface area contributed by atoms with Crippen LogP contribution in [0.2, 0.25) is 0 Å². The molecule has 5 N–H and O–H groups in total. The lowest BCUT2D eigenvalue weighted by Gasteiger charge is -1.94. The fraction of sp³-hybridized carbons (Fsp3) is 0.364. The molecular formula is C33H45ClN2O6. The smallest absolute Gasteiger partial charge is 0.211 e. The van der Waals surface area contributed by atoms with Crippen molar-refractivity contribution in [2.24, 2.45) is 10.9 Å². The van der Waals surface area contributed by atoms with Gasteiger partial charge in [-0.15, -0.1) is 12.4 Å². The molecule has 8 nitrogen and oxygen atoms in total. The molecule has 0 aromatic heterocycles. The van der Waals surface area contributed by atoms with Gasteiger partial charge >= 0.3 is 0 Å². The number of nitrogens with zero attached hydrogens (tertiary/aromatic N) is 1. The molecule has 9 heteroatoms. The van der Waals surface area contributed by atoms with Gasteiger partial charge in [-0.25, -0.2) is 0 Å². The van der Waals surface area contributed by atoms with Crippen LogP contribution in [0, 0.1) is 0 Å². The van der Waals surface area contributed by atoms with E-state index in [2.05, 4.69) is 34.2 Å². The maximum absolute atomic E-state index is 11.3. The number of aliphatic hydroxyl groups excluding tert-OH is 2. The van der Waals surface area contributed by atoms with Crippen LogP contribution in [0.15, 0.2) is 78.0 Å². The van der Waals surface area contributed by atoms with Gasteiger partial charge in [-0.2, -0.15) is 0 Å². The summed E-state index contributed by atoms with van der Waals surface area (Å²) in [5.74, 6) is 0.142. The van der Waals surface area contributed by atoms with Gasteiger partial charge in [-0.1, -0.05) is 78.0 Å². The SMILES string of the molecule is CCO.CCO.COC.Cl.NC1Cc2ccccc2C1.O=C1/C(=N/O)Cc2ccccc21.O=C1CCc2ccccc21. The topological polar surface area (TPSA) is 142 Å². The molecule has 0 atom stereocenters. The van der Waals surface area contributed by atoms with Crippen LogP contribution in [0.4, 0.5) is 0 Å². The van der Waals surface area contributed by atoms with Crippen molar-refractivity contribution in [2.75, 3.05) is 27.4 Å². The number of aliphatic hydroxyl groups is 2. The maximum Gasteiger partial charge on any atom is 0.211 e. The quantitative estimate of drug-likeness (QED) is 0.213. The van der Waals surface area contributed by atoms with Gasteiger partial charge in [0.2, 0.25) is 5.78 Å². The lowest BCUT2D eigenvalue weighted by molar-refractivity contribution is 0.0993. The fourth-order valence-corrected chi connectivity index (χ4v) is 4.38. The Kier molecular flexibility index (Phi) is 20.4. The summed E-state index contributed by atoms with van der Waals surface area (Å²) in [6.07, 6.45) is 4.23. The molecular weight excluding hydrogens is 556 g/mol. The van der Waals surface area contributed by atoms with Crippen LogP contribution in [0.1, 0.15) is 63.2 Å². The second-order valence-corrected chi connectivity index (χ2v) is 9.27. The Morgan fingerprint density at radius 1 is 0.762 bits per heavy atom. The Balaban J connectivity index is 0.000000523. The first-order valence-corrected chi connectivity index (χ1v) is 13.7. The van der Waals surface area contributed by atoms with Crippen molar-refractivity contribution in [3.8, 4) is 0 Å². The van der Waals surface area contributed by atoms with Gasteiger partial charge in [0.1, 0.15) is 5.71 Å². The van der Waals surface area contributed by atoms with Gasteiger partial charge < -0.3 is 25.9 Å². The molecule has 3 aliphatic carbocycles. The monoisotopic (exact) mass is 600 g/mol. The van der Waals surface area contributed by atoms with Crippen molar-refractivity contribution >= 4 is 29.7 Å². The van der Waals surface area contributed by atoms with E-state index in [1.54, 1.807) is 40.2 Å². The van der Waals surface area contributed by atoms with Crippen molar-refractivity contribution in [1.82, 2.24) is 0 Å².